The van der Waals surface area contributed by atoms with E-state index in [1.54, 1.807) is 37.2 Å². The van der Waals surface area contributed by atoms with Crippen LogP contribution >= 0.6 is 11.6 Å². The van der Waals surface area contributed by atoms with Gasteiger partial charge in [-0.3, -0.25) is 0 Å². The summed E-state index contributed by atoms with van der Waals surface area (Å²) in [6.45, 7) is 3.62. The molecule has 1 heterocycles. The van der Waals surface area contributed by atoms with Crippen molar-refractivity contribution in [3.05, 3.63) is 59.1 Å². The van der Waals surface area contributed by atoms with Gasteiger partial charge in [-0.2, -0.15) is 0 Å². The lowest BCUT2D eigenvalue weighted by Crippen LogP contribution is -2.43. The molecule has 0 radical (unpaired) electrons. The van der Waals surface area contributed by atoms with Crippen LogP contribution in [0.25, 0.3) is 0 Å². The fraction of sp³-hybridized carbons (Fsp3) is 0.368. The Bertz CT molecular complexity index is 847. The predicted octanol–water partition coefficient (Wildman–Crippen LogP) is 3.54. The van der Waals surface area contributed by atoms with Crippen LogP contribution in [0.5, 0.6) is 0 Å². The van der Waals surface area contributed by atoms with Crippen LogP contribution in [-0.2, 0) is 16.3 Å². The summed E-state index contributed by atoms with van der Waals surface area (Å²) in [4.78, 5) is 2.58. The molecule has 0 atom stereocenters. The maximum atomic E-state index is 12.7. The minimum atomic E-state index is -3.55. The number of rotatable bonds is 5. The van der Waals surface area contributed by atoms with E-state index in [1.807, 2.05) is 12.1 Å². The molecule has 0 aliphatic carbocycles. The van der Waals surface area contributed by atoms with E-state index in [1.165, 1.54) is 6.07 Å². The van der Waals surface area contributed by atoms with Crippen molar-refractivity contribution in [3.8, 4) is 0 Å². The van der Waals surface area contributed by atoms with Crippen molar-refractivity contribution in [1.29, 1.82) is 0 Å². The molecule has 1 aliphatic heterocycles. The highest BCUT2D eigenvalue weighted by atomic mass is 35.5. The van der Waals surface area contributed by atoms with Crippen LogP contribution in [0, 0.1) is 5.92 Å². The first-order valence-electron chi connectivity index (χ1n) is 8.88. The third-order valence-electron chi connectivity index (χ3n) is 5.04. The Morgan fingerprint density at radius 3 is 2.35 bits per heavy atom. The van der Waals surface area contributed by atoms with Gasteiger partial charge in [0.25, 0.3) is 0 Å². The number of hydrogen-bond acceptors (Lipinski definition) is 4. The number of sulfone groups is 1. The summed E-state index contributed by atoms with van der Waals surface area (Å²) in [7, 11) is -3.93. The lowest BCUT2D eigenvalue weighted by atomic mass is 9.80. The molecular weight excluding hydrogens is 369 g/mol. The largest absolute Gasteiger partial charge is 0.437 e. The smallest absolute Gasteiger partial charge is 0.376 e. The van der Waals surface area contributed by atoms with E-state index in [0.717, 1.165) is 37.9 Å². The first-order chi connectivity index (χ1) is 12.4. The molecule has 1 aliphatic rings. The zero-order valence-electron chi connectivity index (χ0n) is 14.8. The maximum Gasteiger partial charge on any atom is 0.376 e. The number of benzene rings is 2. The average molecular weight is 392 g/mol. The third kappa shape index (κ3) is 4.49. The van der Waals surface area contributed by atoms with Gasteiger partial charge in [0.2, 0.25) is 9.84 Å². The molecule has 2 aromatic carbocycles. The molecule has 0 bridgehead atoms. The van der Waals surface area contributed by atoms with Crippen LogP contribution < -0.4 is 0 Å². The summed E-state index contributed by atoms with van der Waals surface area (Å²) in [5, 5.41) is 10.0. The maximum absolute atomic E-state index is 12.7. The van der Waals surface area contributed by atoms with E-state index in [0.29, 0.717) is 10.9 Å². The molecule has 1 fully saturated rings. The molecule has 4 nitrogen and oxygen atoms in total. The van der Waals surface area contributed by atoms with Crippen molar-refractivity contribution < 1.29 is 13.4 Å². The molecule has 1 N–H and O–H groups in total. The van der Waals surface area contributed by atoms with Gasteiger partial charge in [0.05, 0.1) is 9.79 Å². The van der Waals surface area contributed by atoms with Crippen LogP contribution in [0.3, 0.4) is 0 Å². The monoisotopic (exact) mass is 391 g/mol. The van der Waals surface area contributed by atoms with Gasteiger partial charge in [-0.25, -0.2) is 8.42 Å². The summed E-state index contributed by atoms with van der Waals surface area (Å²) in [6.07, 6.45) is 3.03. The summed E-state index contributed by atoms with van der Waals surface area (Å²) < 4.78 is 25.4. The van der Waals surface area contributed by atoms with Crippen LogP contribution in [0.15, 0.2) is 58.3 Å². The van der Waals surface area contributed by atoms with Gasteiger partial charge in [0, 0.05) is 5.02 Å². The molecule has 0 spiro atoms. The van der Waals surface area contributed by atoms with E-state index in [2.05, 4.69) is 4.81 Å². The molecule has 1 saturated heterocycles. The Balaban J connectivity index is 1.67. The van der Waals surface area contributed by atoms with Gasteiger partial charge < -0.3 is 9.83 Å². The number of nitrogens with zero attached hydrogens (tertiary/aromatic N) is 1. The molecule has 3 rings (SSSR count). The first-order valence-corrected chi connectivity index (χ1v) is 10.7. The van der Waals surface area contributed by atoms with Gasteiger partial charge in [-0.05, 0) is 81.0 Å². The van der Waals surface area contributed by atoms with Gasteiger partial charge in [-0.15, -0.1) is 0 Å². The Morgan fingerprint density at radius 1 is 1.12 bits per heavy atom. The lowest BCUT2D eigenvalue weighted by Gasteiger charge is -2.32. The SMILES string of the molecule is CB(O)N1CCC(Cc2ccc(S(=O)(=O)c3cccc(Cl)c3)cc2)CC1. The van der Waals surface area contributed by atoms with Crippen LogP contribution in [0.4, 0.5) is 0 Å². The summed E-state index contributed by atoms with van der Waals surface area (Å²) in [5.74, 6) is 0.570. The second-order valence-electron chi connectivity index (χ2n) is 6.92. The van der Waals surface area contributed by atoms with Gasteiger partial charge in [-0.1, -0.05) is 29.8 Å². The van der Waals surface area contributed by atoms with E-state index in [9.17, 15) is 13.4 Å². The highest BCUT2D eigenvalue weighted by molar-refractivity contribution is 7.91. The Hall–Kier alpha value is -1.34. The minimum absolute atomic E-state index is 0.211. The molecule has 138 valence electrons. The number of halogens is 1. The molecule has 2 aromatic rings. The van der Waals surface area contributed by atoms with Crippen molar-refractivity contribution in [2.24, 2.45) is 5.92 Å². The Kier molecular flexibility index (Phi) is 6.08. The van der Waals surface area contributed by atoms with Gasteiger partial charge in [0.1, 0.15) is 0 Å². The summed E-state index contributed by atoms with van der Waals surface area (Å²) in [6, 6.07) is 13.5. The van der Waals surface area contributed by atoms with Crippen molar-refractivity contribution in [3.63, 3.8) is 0 Å². The molecule has 7 heteroatoms. The standard InChI is InChI=1S/C19H23BClNO3S/c1-20(23)22-11-9-16(10-12-22)13-15-5-7-18(8-6-15)26(24,25)19-4-2-3-17(21)14-19/h2-8,14,16,23H,9-13H2,1H3. The average Bonchev–Trinajstić information content (AvgIpc) is 2.62. The van der Waals surface area contributed by atoms with Crippen molar-refractivity contribution in [2.45, 2.75) is 35.9 Å². The normalized spacial score (nSPS) is 16.6. The zero-order valence-corrected chi connectivity index (χ0v) is 16.4. The van der Waals surface area contributed by atoms with Crippen LogP contribution in [0.1, 0.15) is 18.4 Å². The molecular formula is C19H23BClNO3S. The Labute approximate surface area is 160 Å². The molecule has 26 heavy (non-hydrogen) atoms. The summed E-state index contributed by atoms with van der Waals surface area (Å²) in [5.41, 5.74) is 1.14. The van der Waals surface area contributed by atoms with Crippen molar-refractivity contribution in [1.82, 2.24) is 4.81 Å². The van der Waals surface area contributed by atoms with E-state index >= 15 is 0 Å². The minimum Gasteiger partial charge on any atom is -0.437 e. The number of piperidine rings is 1. The number of hydrogen-bond donors (Lipinski definition) is 1. The fourth-order valence-electron chi connectivity index (χ4n) is 3.44. The third-order valence-corrected chi connectivity index (χ3v) is 7.04. The highest BCUT2D eigenvalue weighted by Crippen LogP contribution is 2.26. The molecule has 0 saturated carbocycles. The van der Waals surface area contributed by atoms with Crippen molar-refractivity contribution in [2.75, 3.05) is 13.1 Å². The zero-order chi connectivity index (χ0) is 18.7. The molecule has 0 unspecified atom stereocenters. The fourth-order valence-corrected chi connectivity index (χ4v) is 5.00. The Morgan fingerprint density at radius 2 is 1.77 bits per heavy atom. The van der Waals surface area contributed by atoms with Crippen molar-refractivity contribution >= 4 is 28.5 Å². The topological polar surface area (TPSA) is 57.6 Å². The lowest BCUT2D eigenvalue weighted by molar-refractivity contribution is 0.250. The summed E-state index contributed by atoms with van der Waals surface area (Å²) >= 11 is 5.92. The quantitative estimate of drug-likeness (QED) is 0.792. The first kappa shape index (κ1) is 19.4. The van der Waals surface area contributed by atoms with E-state index in [4.69, 9.17) is 11.6 Å². The van der Waals surface area contributed by atoms with E-state index < -0.39 is 9.84 Å². The second-order valence-corrected chi connectivity index (χ2v) is 9.31. The molecule has 0 aromatic heterocycles. The van der Waals surface area contributed by atoms with Crippen LogP contribution in [0.2, 0.25) is 11.8 Å². The van der Waals surface area contributed by atoms with E-state index in [-0.39, 0.29) is 16.8 Å². The van der Waals surface area contributed by atoms with Gasteiger partial charge >= 0.3 is 7.05 Å². The molecule has 0 amide bonds. The van der Waals surface area contributed by atoms with Gasteiger partial charge in [0.15, 0.2) is 0 Å². The second kappa shape index (κ2) is 8.13. The predicted molar refractivity (Wildman–Crippen MR) is 105 cm³/mol. The highest BCUT2D eigenvalue weighted by Gasteiger charge is 2.24. The van der Waals surface area contributed by atoms with Crippen LogP contribution in [-0.4, -0.2) is 38.4 Å².